The summed E-state index contributed by atoms with van der Waals surface area (Å²) in [5, 5.41) is 5.23. The van der Waals surface area contributed by atoms with Gasteiger partial charge in [0.15, 0.2) is 5.16 Å². The van der Waals surface area contributed by atoms with Crippen LogP contribution in [0, 0.1) is 6.92 Å². The molecule has 22 heavy (non-hydrogen) atoms. The minimum Gasteiger partial charge on any atom is -0.398 e. The highest BCUT2D eigenvalue weighted by Crippen LogP contribution is 2.31. The molecule has 0 amide bonds. The zero-order valence-corrected chi connectivity index (χ0v) is 14.4. The summed E-state index contributed by atoms with van der Waals surface area (Å²) in [6, 6.07) is 16.2. The molecule has 3 aromatic rings. The maximum Gasteiger partial charge on any atom is 0.218 e. The molecular formula is C16H15BrN4S. The third-order valence-corrected chi connectivity index (χ3v) is 4.60. The molecule has 6 heteroatoms. The van der Waals surface area contributed by atoms with E-state index in [4.69, 9.17) is 5.73 Å². The van der Waals surface area contributed by atoms with Gasteiger partial charge in [-0.2, -0.15) is 4.98 Å². The van der Waals surface area contributed by atoms with Crippen LogP contribution in [0.15, 0.2) is 63.3 Å². The van der Waals surface area contributed by atoms with Gasteiger partial charge in [0, 0.05) is 10.6 Å². The quantitative estimate of drug-likeness (QED) is 0.697. The highest BCUT2D eigenvalue weighted by atomic mass is 79.9. The van der Waals surface area contributed by atoms with Gasteiger partial charge in [-0.15, -0.1) is 5.10 Å². The lowest BCUT2D eigenvalue weighted by Gasteiger charge is -2.07. The average Bonchev–Trinajstić information content (AvgIpc) is 2.83. The van der Waals surface area contributed by atoms with Gasteiger partial charge in [-0.1, -0.05) is 42.0 Å². The van der Waals surface area contributed by atoms with Crippen molar-refractivity contribution in [2.75, 3.05) is 5.73 Å². The summed E-state index contributed by atoms with van der Waals surface area (Å²) in [5.74, 6) is 0. The molecule has 0 spiro atoms. The van der Waals surface area contributed by atoms with Crippen LogP contribution in [0.25, 0.3) is 0 Å². The molecule has 0 fully saturated rings. The van der Waals surface area contributed by atoms with Crippen LogP contribution >= 0.6 is 27.7 Å². The van der Waals surface area contributed by atoms with Gasteiger partial charge in [0.1, 0.15) is 0 Å². The summed E-state index contributed by atoms with van der Waals surface area (Å²) < 4.78 is 2.46. The summed E-state index contributed by atoms with van der Waals surface area (Å²) in [4.78, 5) is 5.42. The molecular weight excluding hydrogens is 360 g/mol. The van der Waals surface area contributed by atoms with E-state index in [1.165, 1.54) is 22.9 Å². The SMILES string of the molecule is Cc1ccc(Cn2nc(Br)nc2Sc2ccccc2N)cc1. The van der Waals surface area contributed by atoms with Crippen LogP contribution in [0.2, 0.25) is 0 Å². The standard InChI is InChI=1S/C16H15BrN4S/c1-11-6-8-12(9-7-11)10-21-16(19-15(17)20-21)22-14-5-3-2-4-13(14)18/h2-9H,10,18H2,1H3. The van der Waals surface area contributed by atoms with Crippen LogP contribution in [-0.2, 0) is 6.54 Å². The van der Waals surface area contributed by atoms with Crippen LogP contribution in [0.3, 0.4) is 0 Å². The number of para-hydroxylation sites is 1. The molecule has 112 valence electrons. The highest BCUT2D eigenvalue weighted by Gasteiger charge is 2.12. The maximum atomic E-state index is 6.00. The summed E-state index contributed by atoms with van der Waals surface area (Å²) in [7, 11) is 0. The predicted octanol–water partition coefficient (Wildman–Crippen LogP) is 4.13. The molecule has 3 rings (SSSR count). The minimum atomic E-state index is 0.580. The molecule has 0 atom stereocenters. The van der Waals surface area contributed by atoms with Crippen molar-refractivity contribution in [2.45, 2.75) is 23.5 Å². The second-order valence-electron chi connectivity index (χ2n) is 4.95. The van der Waals surface area contributed by atoms with E-state index in [-0.39, 0.29) is 0 Å². The first-order chi connectivity index (χ1) is 10.6. The number of nitrogens with two attached hydrogens (primary N) is 1. The Hall–Kier alpha value is -1.79. The Kier molecular flexibility index (Phi) is 4.49. The number of rotatable bonds is 4. The van der Waals surface area contributed by atoms with E-state index in [1.54, 1.807) is 0 Å². The molecule has 0 aliphatic rings. The number of aryl methyl sites for hydroxylation is 1. The van der Waals surface area contributed by atoms with Crippen molar-refractivity contribution in [1.29, 1.82) is 0 Å². The van der Waals surface area contributed by atoms with Gasteiger partial charge in [0.05, 0.1) is 6.54 Å². The van der Waals surface area contributed by atoms with Crippen LogP contribution in [0.5, 0.6) is 0 Å². The van der Waals surface area contributed by atoms with Crippen LogP contribution < -0.4 is 5.73 Å². The van der Waals surface area contributed by atoms with Crippen LogP contribution in [0.1, 0.15) is 11.1 Å². The van der Waals surface area contributed by atoms with Gasteiger partial charge >= 0.3 is 0 Å². The zero-order chi connectivity index (χ0) is 15.5. The Labute approximate surface area is 141 Å². The number of anilines is 1. The molecule has 1 heterocycles. The largest absolute Gasteiger partial charge is 0.398 e. The molecule has 2 aromatic carbocycles. The molecule has 0 saturated heterocycles. The lowest BCUT2D eigenvalue weighted by Crippen LogP contribution is -2.03. The first-order valence-electron chi connectivity index (χ1n) is 6.80. The number of nitrogen functional groups attached to an aromatic ring is 1. The lowest BCUT2D eigenvalue weighted by molar-refractivity contribution is 0.617. The molecule has 0 radical (unpaired) electrons. The van der Waals surface area contributed by atoms with Gasteiger partial charge in [0.2, 0.25) is 4.73 Å². The van der Waals surface area contributed by atoms with Gasteiger partial charge in [-0.3, -0.25) is 0 Å². The molecule has 1 aromatic heterocycles. The van der Waals surface area contributed by atoms with Crippen molar-refractivity contribution in [3.8, 4) is 0 Å². The predicted molar refractivity (Wildman–Crippen MR) is 93.0 cm³/mol. The van der Waals surface area contributed by atoms with Crippen LogP contribution in [-0.4, -0.2) is 14.8 Å². The number of nitrogens with zero attached hydrogens (tertiary/aromatic N) is 3. The van der Waals surface area contributed by atoms with Crippen molar-refractivity contribution in [3.05, 3.63) is 64.4 Å². The number of halogens is 1. The number of aromatic nitrogens is 3. The fraction of sp³-hybridized carbons (Fsp3) is 0.125. The minimum absolute atomic E-state index is 0.580. The first kappa shape index (κ1) is 15.1. The van der Waals surface area contributed by atoms with Gasteiger partial charge in [-0.05, 0) is 52.3 Å². The van der Waals surface area contributed by atoms with Crippen molar-refractivity contribution in [2.24, 2.45) is 0 Å². The van der Waals surface area contributed by atoms with E-state index in [0.717, 1.165) is 15.7 Å². The normalized spacial score (nSPS) is 10.8. The van der Waals surface area contributed by atoms with Crippen LogP contribution in [0.4, 0.5) is 5.69 Å². The third kappa shape index (κ3) is 3.51. The van der Waals surface area contributed by atoms with Gasteiger partial charge in [0.25, 0.3) is 0 Å². The van der Waals surface area contributed by atoms with Crippen molar-refractivity contribution in [3.63, 3.8) is 0 Å². The van der Waals surface area contributed by atoms with Crippen molar-refractivity contribution in [1.82, 2.24) is 14.8 Å². The molecule has 0 unspecified atom stereocenters. The fourth-order valence-corrected chi connectivity index (χ4v) is 3.37. The Morgan fingerprint density at radius 3 is 2.59 bits per heavy atom. The molecule has 2 N–H and O–H groups in total. The third-order valence-electron chi connectivity index (χ3n) is 3.19. The first-order valence-corrected chi connectivity index (χ1v) is 8.41. The average molecular weight is 375 g/mol. The maximum absolute atomic E-state index is 6.00. The van der Waals surface area contributed by atoms with E-state index in [0.29, 0.717) is 11.3 Å². The second kappa shape index (κ2) is 6.54. The summed E-state index contributed by atoms with van der Waals surface area (Å²) >= 11 is 4.87. The van der Waals surface area contributed by atoms with E-state index < -0.39 is 0 Å². The summed E-state index contributed by atoms with van der Waals surface area (Å²) in [6.45, 7) is 2.75. The second-order valence-corrected chi connectivity index (χ2v) is 6.66. The van der Waals surface area contributed by atoms with Crippen molar-refractivity contribution >= 4 is 33.4 Å². The number of benzene rings is 2. The van der Waals surface area contributed by atoms with E-state index in [2.05, 4.69) is 57.2 Å². The highest BCUT2D eigenvalue weighted by molar-refractivity contribution is 9.10. The Balaban J connectivity index is 1.86. The molecule has 0 saturated carbocycles. The van der Waals surface area contributed by atoms with E-state index in [9.17, 15) is 0 Å². The smallest absolute Gasteiger partial charge is 0.218 e. The van der Waals surface area contributed by atoms with E-state index in [1.807, 2.05) is 28.9 Å². The number of hydrogen-bond acceptors (Lipinski definition) is 4. The molecule has 0 aliphatic heterocycles. The molecule has 4 nitrogen and oxygen atoms in total. The molecule has 0 aliphatic carbocycles. The Bertz CT molecular complexity index is 783. The molecule has 0 bridgehead atoms. The summed E-state index contributed by atoms with van der Waals surface area (Å²) in [6.07, 6.45) is 0. The Morgan fingerprint density at radius 1 is 1.14 bits per heavy atom. The van der Waals surface area contributed by atoms with Gasteiger partial charge < -0.3 is 5.73 Å². The topological polar surface area (TPSA) is 56.7 Å². The monoisotopic (exact) mass is 374 g/mol. The fourth-order valence-electron chi connectivity index (χ4n) is 2.02. The number of hydrogen-bond donors (Lipinski definition) is 1. The van der Waals surface area contributed by atoms with E-state index >= 15 is 0 Å². The van der Waals surface area contributed by atoms with Gasteiger partial charge in [-0.25, -0.2) is 4.68 Å². The van der Waals surface area contributed by atoms with Crippen molar-refractivity contribution < 1.29 is 0 Å². The zero-order valence-electron chi connectivity index (χ0n) is 12.0. The Morgan fingerprint density at radius 2 is 1.86 bits per heavy atom. The summed E-state index contributed by atoms with van der Waals surface area (Å²) in [5.41, 5.74) is 9.18. The lowest BCUT2D eigenvalue weighted by atomic mass is 10.1.